The molecule has 1 aromatic rings. The molecular weight excluding hydrogens is 270 g/mol. The van der Waals surface area contributed by atoms with Gasteiger partial charge in [0.25, 0.3) is 0 Å². The second-order valence-electron chi connectivity index (χ2n) is 4.19. The van der Waals surface area contributed by atoms with Crippen LogP contribution in [-0.4, -0.2) is 12.6 Å². The highest BCUT2D eigenvalue weighted by atomic mass is 79.9. The standard InChI is InChI=1S/C11H16BrN3O/c1-11(2,7-14-10(16)15-13)8-5-3-4-6-9(8)12/h3-6H,7,13H2,1-2H3,(H2,14,15,16). The zero-order valence-electron chi connectivity index (χ0n) is 9.38. The number of benzene rings is 1. The molecule has 0 spiro atoms. The Morgan fingerprint density at radius 1 is 1.44 bits per heavy atom. The molecule has 0 aliphatic carbocycles. The van der Waals surface area contributed by atoms with E-state index in [9.17, 15) is 4.79 Å². The summed E-state index contributed by atoms with van der Waals surface area (Å²) >= 11 is 3.50. The first-order chi connectivity index (χ1) is 7.47. The molecule has 2 amide bonds. The molecule has 1 rings (SSSR count). The highest BCUT2D eigenvalue weighted by molar-refractivity contribution is 9.10. The fourth-order valence-corrected chi connectivity index (χ4v) is 2.28. The Kier molecular flexibility index (Phi) is 4.32. The third-order valence-electron chi connectivity index (χ3n) is 2.42. The van der Waals surface area contributed by atoms with Crippen LogP contribution < -0.4 is 16.6 Å². The molecule has 0 aliphatic rings. The Bertz CT molecular complexity index is 379. The van der Waals surface area contributed by atoms with E-state index < -0.39 is 0 Å². The van der Waals surface area contributed by atoms with Crippen LogP contribution in [0.2, 0.25) is 0 Å². The van der Waals surface area contributed by atoms with Crippen LogP contribution in [0.3, 0.4) is 0 Å². The fourth-order valence-electron chi connectivity index (χ4n) is 1.46. The number of hydrazine groups is 1. The molecule has 0 aliphatic heterocycles. The molecule has 0 saturated carbocycles. The molecule has 1 aromatic carbocycles. The minimum Gasteiger partial charge on any atom is -0.336 e. The maximum absolute atomic E-state index is 11.0. The normalized spacial score (nSPS) is 11.0. The monoisotopic (exact) mass is 285 g/mol. The molecule has 0 bridgehead atoms. The van der Waals surface area contributed by atoms with Gasteiger partial charge in [0, 0.05) is 16.4 Å². The third-order valence-corrected chi connectivity index (χ3v) is 3.12. The van der Waals surface area contributed by atoms with Gasteiger partial charge in [-0.3, -0.25) is 5.43 Å². The lowest BCUT2D eigenvalue weighted by Gasteiger charge is -2.26. The molecule has 0 heterocycles. The zero-order chi connectivity index (χ0) is 12.2. The molecule has 4 N–H and O–H groups in total. The third kappa shape index (κ3) is 3.21. The number of carbonyl (C=O) groups is 1. The first kappa shape index (κ1) is 13.0. The summed E-state index contributed by atoms with van der Waals surface area (Å²) in [5.41, 5.74) is 3.03. The van der Waals surface area contributed by atoms with Crippen LogP contribution in [0.5, 0.6) is 0 Å². The molecule has 4 nitrogen and oxygen atoms in total. The Balaban J connectivity index is 2.77. The van der Waals surface area contributed by atoms with Crippen LogP contribution in [0.15, 0.2) is 28.7 Å². The average molecular weight is 286 g/mol. The van der Waals surface area contributed by atoms with Gasteiger partial charge in [-0.2, -0.15) is 0 Å². The first-order valence-electron chi connectivity index (χ1n) is 4.97. The van der Waals surface area contributed by atoms with Crippen molar-refractivity contribution in [2.45, 2.75) is 19.3 Å². The maximum atomic E-state index is 11.0. The fraction of sp³-hybridized carbons (Fsp3) is 0.364. The van der Waals surface area contributed by atoms with Gasteiger partial charge in [-0.1, -0.05) is 48.0 Å². The maximum Gasteiger partial charge on any atom is 0.328 e. The van der Waals surface area contributed by atoms with Crippen molar-refractivity contribution in [1.29, 1.82) is 0 Å². The van der Waals surface area contributed by atoms with E-state index in [-0.39, 0.29) is 11.4 Å². The molecule has 0 unspecified atom stereocenters. The number of halogens is 1. The zero-order valence-corrected chi connectivity index (χ0v) is 11.0. The Hall–Kier alpha value is -1.07. The summed E-state index contributed by atoms with van der Waals surface area (Å²) in [6, 6.07) is 7.58. The van der Waals surface area contributed by atoms with E-state index in [1.54, 1.807) is 0 Å². The lowest BCUT2D eigenvalue weighted by Crippen LogP contribution is -2.44. The van der Waals surface area contributed by atoms with Crippen LogP contribution in [0, 0.1) is 0 Å². The summed E-state index contributed by atoms with van der Waals surface area (Å²) in [6.07, 6.45) is 0. The van der Waals surface area contributed by atoms with Crippen molar-refractivity contribution >= 4 is 22.0 Å². The van der Waals surface area contributed by atoms with Crippen molar-refractivity contribution in [3.05, 3.63) is 34.3 Å². The largest absolute Gasteiger partial charge is 0.336 e. The lowest BCUT2D eigenvalue weighted by molar-refractivity contribution is 0.238. The Morgan fingerprint density at radius 3 is 2.62 bits per heavy atom. The molecule has 0 radical (unpaired) electrons. The van der Waals surface area contributed by atoms with Gasteiger partial charge in [0.15, 0.2) is 0 Å². The van der Waals surface area contributed by atoms with Gasteiger partial charge in [-0.15, -0.1) is 0 Å². The highest BCUT2D eigenvalue weighted by Gasteiger charge is 2.23. The van der Waals surface area contributed by atoms with Gasteiger partial charge in [0.2, 0.25) is 0 Å². The van der Waals surface area contributed by atoms with E-state index in [1.165, 1.54) is 0 Å². The van der Waals surface area contributed by atoms with E-state index in [1.807, 2.05) is 29.7 Å². The van der Waals surface area contributed by atoms with Crippen LogP contribution in [0.25, 0.3) is 0 Å². The quantitative estimate of drug-likeness (QED) is 0.451. The van der Waals surface area contributed by atoms with Gasteiger partial charge in [-0.25, -0.2) is 10.6 Å². The molecule has 16 heavy (non-hydrogen) atoms. The van der Waals surface area contributed by atoms with Crippen molar-refractivity contribution in [3.8, 4) is 0 Å². The molecule has 0 fully saturated rings. The Labute approximate surface area is 104 Å². The van der Waals surface area contributed by atoms with E-state index >= 15 is 0 Å². The van der Waals surface area contributed by atoms with Gasteiger partial charge in [-0.05, 0) is 11.6 Å². The van der Waals surface area contributed by atoms with Gasteiger partial charge in [0.05, 0.1) is 0 Å². The van der Waals surface area contributed by atoms with E-state index in [0.717, 1.165) is 10.0 Å². The van der Waals surface area contributed by atoms with E-state index in [2.05, 4.69) is 35.1 Å². The number of urea groups is 1. The summed E-state index contributed by atoms with van der Waals surface area (Å²) in [5.74, 6) is 5.00. The van der Waals surface area contributed by atoms with Gasteiger partial charge in [0.1, 0.15) is 0 Å². The van der Waals surface area contributed by atoms with Crippen molar-refractivity contribution in [2.24, 2.45) is 5.84 Å². The molecule has 88 valence electrons. The number of rotatable bonds is 3. The second kappa shape index (κ2) is 5.32. The summed E-state index contributed by atoms with van der Waals surface area (Å²) in [6.45, 7) is 4.63. The van der Waals surface area contributed by atoms with Crippen LogP contribution in [0.4, 0.5) is 4.79 Å². The highest BCUT2D eigenvalue weighted by Crippen LogP contribution is 2.29. The molecular formula is C11H16BrN3O. The van der Waals surface area contributed by atoms with Gasteiger partial charge < -0.3 is 5.32 Å². The van der Waals surface area contributed by atoms with Crippen LogP contribution in [-0.2, 0) is 5.41 Å². The first-order valence-corrected chi connectivity index (χ1v) is 5.76. The molecule has 5 heteroatoms. The number of carbonyl (C=O) groups excluding carboxylic acids is 1. The number of amides is 2. The summed E-state index contributed by atoms with van der Waals surface area (Å²) in [7, 11) is 0. The average Bonchev–Trinajstić information content (AvgIpc) is 2.26. The van der Waals surface area contributed by atoms with Crippen molar-refractivity contribution in [3.63, 3.8) is 0 Å². The molecule has 0 saturated heterocycles. The Morgan fingerprint density at radius 2 is 2.06 bits per heavy atom. The van der Waals surface area contributed by atoms with Crippen molar-refractivity contribution < 1.29 is 4.79 Å². The smallest absolute Gasteiger partial charge is 0.328 e. The van der Waals surface area contributed by atoms with Crippen molar-refractivity contribution in [1.82, 2.24) is 10.7 Å². The minimum atomic E-state index is -0.375. The van der Waals surface area contributed by atoms with Crippen molar-refractivity contribution in [2.75, 3.05) is 6.54 Å². The van der Waals surface area contributed by atoms with E-state index in [0.29, 0.717) is 6.54 Å². The number of nitrogens with two attached hydrogens (primary N) is 1. The lowest BCUT2D eigenvalue weighted by atomic mass is 9.85. The number of hydrogen-bond donors (Lipinski definition) is 3. The van der Waals surface area contributed by atoms with E-state index in [4.69, 9.17) is 5.84 Å². The summed E-state index contributed by atoms with van der Waals surface area (Å²) in [4.78, 5) is 11.0. The topological polar surface area (TPSA) is 67.2 Å². The number of nitrogens with one attached hydrogen (secondary N) is 2. The summed E-state index contributed by atoms with van der Waals surface area (Å²) < 4.78 is 1.04. The SMILES string of the molecule is CC(C)(CNC(=O)NN)c1ccccc1Br. The second-order valence-corrected chi connectivity index (χ2v) is 5.05. The van der Waals surface area contributed by atoms with Gasteiger partial charge >= 0.3 is 6.03 Å². The predicted molar refractivity (Wildman–Crippen MR) is 67.9 cm³/mol. The minimum absolute atomic E-state index is 0.160. The molecule has 0 atom stereocenters. The van der Waals surface area contributed by atoms with Crippen LogP contribution >= 0.6 is 15.9 Å². The molecule has 0 aromatic heterocycles. The summed E-state index contributed by atoms with van der Waals surface area (Å²) in [5, 5.41) is 2.70. The predicted octanol–water partition coefficient (Wildman–Crippen LogP) is 1.90. The number of hydrogen-bond acceptors (Lipinski definition) is 2. The van der Waals surface area contributed by atoms with Crippen LogP contribution in [0.1, 0.15) is 19.4 Å².